The van der Waals surface area contributed by atoms with Crippen molar-refractivity contribution in [1.29, 1.82) is 0 Å². The lowest BCUT2D eigenvalue weighted by atomic mass is 10.2. The van der Waals surface area contributed by atoms with Crippen molar-refractivity contribution < 1.29 is 0 Å². The zero-order chi connectivity index (χ0) is 11.0. The summed E-state index contributed by atoms with van der Waals surface area (Å²) in [5, 5.41) is 2.73. The van der Waals surface area contributed by atoms with Crippen molar-refractivity contribution in [1.82, 2.24) is 4.57 Å². The fraction of sp³-hybridized carbons (Fsp3) is 0.143. The van der Waals surface area contributed by atoms with Gasteiger partial charge >= 0.3 is 0 Å². The van der Waals surface area contributed by atoms with Crippen molar-refractivity contribution in [2.45, 2.75) is 6.54 Å². The fourth-order valence-electron chi connectivity index (χ4n) is 2.33. The van der Waals surface area contributed by atoms with Crippen LogP contribution in [0.4, 0.5) is 0 Å². The van der Waals surface area contributed by atoms with Gasteiger partial charge in [0.1, 0.15) is 0 Å². The summed E-state index contributed by atoms with van der Waals surface area (Å²) >= 11 is 2.43. The predicted octanol–water partition coefficient (Wildman–Crippen LogP) is 4.23. The van der Waals surface area contributed by atoms with E-state index in [9.17, 15) is 0 Å². The molecule has 0 aliphatic heterocycles. The number of fused-ring (bicyclic) bond motifs is 3. The molecule has 0 radical (unpaired) electrons. The number of halogens is 1. The van der Waals surface area contributed by atoms with E-state index in [0.29, 0.717) is 0 Å². The highest BCUT2D eigenvalue weighted by Crippen LogP contribution is 2.28. The number of benzene rings is 2. The Hall–Kier alpha value is -1.03. The Morgan fingerprint density at radius 3 is 1.81 bits per heavy atom. The van der Waals surface area contributed by atoms with Crippen molar-refractivity contribution in [2.75, 3.05) is 4.43 Å². The Morgan fingerprint density at radius 2 is 1.31 bits per heavy atom. The summed E-state index contributed by atoms with van der Waals surface area (Å²) < 4.78 is 3.55. The van der Waals surface area contributed by atoms with E-state index in [2.05, 4.69) is 75.7 Å². The lowest BCUT2D eigenvalue weighted by molar-refractivity contribution is 0.848. The van der Waals surface area contributed by atoms with Gasteiger partial charge in [-0.3, -0.25) is 0 Å². The molecule has 2 aromatic carbocycles. The molecule has 3 rings (SSSR count). The van der Waals surface area contributed by atoms with Crippen molar-refractivity contribution in [2.24, 2.45) is 0 Å². The minimum atomic E-state index is 1.08. The van der Waals surface area contributed by atoms with Gasteiger partial charge in [0.15, 0.2) is 0 Å². The Labute approximate surface area is 108 Å². The van der Waals surface area contributed by atoms with Gasteiger partial charge in [-0.15, -0.1) is 0 Å². The highest BCUT2D eigenvalue weighted by Gasteiger charge is 2.07. The number of aryl methyl sites for hydroxylation is 1. The smallest absolute Gasteiger partial charge is 0.0491 e. The fourth-order valence-corrected chi connectivity index (χ4v) is 2.81. The summed E-state index contributed by atoms with van der Waals surface area (Å²) in [4.78, 5) is 0. The van der Waals surface area contributed by atoms with Gasteiger partial charge in [-0.1, -0.05) is 59.0 Å². The third-order valence-electron chi connectivity index (χ3n) is 2.99. The van der Waals surface area contributed by atoms with E-state index in [1.54, 1.807) is 0 Å². The number of hydrogen-bond acceptors (Lipinski definition) is 0. The first kappa shape index (κ1) is 10.1. The van der Waals surface area contributed by atoms with Crippen LogP contribution < -0.4 is 0 Å². The second kappa shape index (κ2) is 4.09. The molecule has 0 fully saturated rings. The minimum absolute atomic E-state index is 1.08. The Kier molecular flexibility index (Phi) is 2.59. The zero-order valence-corrected chi connectivity index (χ0v) is 11.0. The van der Waals surface area contributed by atoms with Crippen molar-refractivity contribution in [3.63, 3.8) is 0 Å². The number of alkyl halides is 1. The molecule has 1 nitrogen and oxygen atoms in total. The summed E-state index contributed by atoms with van der Waals surface area (Å²) in [6.45, 7) is 1.08. The highest BCUT2D eigenvalue weighted by molar-refractivity contribution is 14.1. The van der Waals surface area contributed by atoms with Crippen LogP contribution in [0.1, 0.15) is 0 Å². The molecular weight excluding hydrogens is 309 g/mol. The maximum atomic E-state index is 2.43. The van der Waals surface area contributed by atoms with Crippen LogP contribution in [0.15, 0.2) is 48.5 Å². The maximum Gasteiger partial charge on any atom is 0.0491 e. The van der Waals surface area contributed by atoms with Gasteiger partial charge < -0.3 is 4.57 Å². The zero-order valence-electron chi connectivity index (χ0n) is 8.86. The molecule has 0 saturated carbocycles. The number of para-hydroxylation sites is 2. The average molecular weight is 321 g/mol. The molecule has 1 heterocycles. The van der Waals surface area contributed by atoms with E-state index < -0.39 is 0 Å². The first-order chi connectivity index (χ1) is 7.92. The summed E-state index contributed by atoms with van der Waals surface area (Å²) in [6.07, 6.45) is 0. The molecule has 1 aromatic heterocycles. The first-order valence-corrected chi connectivity index (χ1v) is 6.96. The number of hydrogen-bond donors (Lipinski definition) is 0. The summed E-state index contributed by atoms with van der Waals surface area (Å²) in [5.41, 5.74) is 2.70. The largest absolute Gasteiger partial charge is 0.340 e. The summed E-state index contributed by atoms with van der Waals surface area (Å²) in [5.74, 6) is 0. The molecule has 2 heteroatoms. The van der Waals surface area contributed by atoms with Gasteiger partial charge in [-0.2, -0.15) is 0 Å². The molecule has 0 saturated heterocycles. The van der Waals surface area contributed by atoms with Crippen LogP contribution in [0.5, 0.6) is 0 Å². The molecule has 3 aromatic rings. The van der Waals surface area contributed by atoms with Crippen LogP contribution in [0.3, 0.4) is 0 Å². The quantitative estimate of drug-likeness (QED) is 0.492. The van der Waals surface area contributed by atoms with Crippen molar-refractivity contribution in [3.8, 4) is 0 Å². The summed E-state index contributed by atoms with van der Waals surface area (Å²) in [6, 6.07) is 17.3. The van der Waals surface area contributed by atoms with Gasteiger partial charge in [-0.25, -0.2) is 0 Å². The molecule has 0 aliphatic carbocycles. The van der Waals surface area contributed by atoms with Crippen LogP contribution in [-0.2, 0) is 6.54 Å². The number of aromatic nitrogens is 1. The molecule has 80 valence electrons. The first-order valence-electron chi connectivity index (χ1n) is 5.44. The number of nitrogens with zero attached hydrogens (tertiary/aromatic N) is 1. The summed E-state index contributed by atoms with van der Waals surface area (Å²) in [7, 11) is 0. The van der Waals surface area contributed by atoms with Crippen LogP contribution >= 0.6 is 22.6 Å². The molecule has 0 unspecified atom stereocenters. The molecule has 0 atom stereocenters. The molecule has 0 N–H and O–H groups in total. The van der Waals surface area contributed by atoms with Crippen LogP contribution in [0, 0.1) is 0 Å². The van der Waals surface area contributed by atoms with Gasteiger partial charge in [0.2, 0.25) is 0 Å². The van der Waals surface area contributed by atoms with Crippen molar-refractivity contribution >= 4 is 44.4 Å². The number of rotatable bonds is 2. The van der Waals surface area contributed by atoms with E-state index in [1.807, 2.05) is 0 Å². The standard InChI is InChI=1S/C14H12IN/c15-9-10-16-13-7-3-1-5-11(13)12-6-2-4-8-14(12)16/h1-8H,9-10H2. The second-order valence-electron chi connectivity index (χ2n) is 3.87. The molecular formula is C14H12IN. The molecule has 0 amide bonds. The van der Waals surface area contributed by atoms with Crippen LogP contribution in [0.2, 0.25) is 0 Å². The maximum absolute atomic E-state index is 2.43. The van der Waals surface area contributed by atoms with Crippen LogP contribution in [-0.4, -0.2) is 8.99 Å². The van der Waals surface area contributed by atoms with E-state index in [0.717, 1.165) is 11.0 Å². The Morgan fingerprint density at radius 1 is 0.812 bits per heavy atom. The molecule has 0 bridgehead atoms. The van der Waals surface area contributed by atoms with Gasteiger partial charge in [0, 0.05) is 32.8 Å². The monoisotopic (exact) mass is 321 g/mol. The topological polar surface area (TPSA) is 4.93 Å². The molecule has 0 aliphatic rings. The Bertz CT molecular complexity index is 586. The van der Waals surface area contributed by atoms with Crippen LogP contribution in [0.25, 0.3) is 21.8 Å². The second-order valence-corrected chi connectivity index (χ2v) is 4.95. The van der Waals surface area contributed by atoms with E-state index in [-0.39, 0.29) is 0 Å². The third-order valence-corrected chi connectivity index (χ3v) is 3.47. The van der Waals surface area contributed by atoms with E-state index in [1.165, 1.54) is 21.8 Å². The normalized spacial score (nSPS) is 11.3. The SMILES string of the molecule is ICCn1c2ccccc2c2ccccc21. The lowest BCUT2D eigenvalue weighted by Crippen LogP contribution is -1.97. The molecule has 16 heavy (non-hydrogen) atoms. The minimum Gasteiger partial charge on any atom is -0.340 e. The van der Waals surface area contributed by atoms with Gasteiger partial charge in [0.25, 0.3) is 0 Å². The van der Waals surface area contributed by atoms with E-state index in [4.69, 9.17) is 0 Å². The predicted molar refractivity (Wildman–Crippen MR) is 78.3 cm³/mol. The average Bonchev–Trinajstić information content (AvgIpc) is 2.66. The highest BCUT2D eigenvalue weighted by atomic mass is 127. The Balaban J connectivity index is 2.49. The van der Waals surface area contributed by atoms with Gasteiger partial charge in [0.05, 0.1) is 0 Å². The van der Waals surface area contributed by atoms with E-state index >= 15 is 0 Å². The molecule has 0 spiro atoms. The van der Waals surface area contributed by atoms with Crippen molar-refractivity contribution in [3.05, 3.63) is 48.5 Å². The lowest BCUT2D eigenvalue weighted by Gasteiger charge is -2.03. The van der Waals surface area contributed by atoms with Gasteiger partial charge in [-0.05, 0) is 12.1 Å². The third kappa shape index (κ3) is 1.44.